The van der Waals surface area contributed by atoms with Gasteiger partial charge in [0.15, 0.2) is 0 Å². The number of rotatable bonds is 4. The Hall–Kier alpha value is -1.10. The highest BCUT2D eigenvalue weighted by Crippen LogP contribution is 2.38. The highest BCUT2D eigenvalue weighted by Gasteiger charge is 2.45. The first-order chi connectivity index (χ1) is 9.91. The molecule has 0 aromatic heterocycles. The summed E-state index contributed by atoms with van der Waals surface area (Å²) in [5.41, 5.74) is 0.712. The molecule has 1 N–H and O–H groups in total. The third kappa shape index (κ3) is 4.19. The minimum absolute atomic E-state index is 0.181. The van der Waals surface area contributed by atoms with E-state index < -0.39 is 18.1 Å². The molecular formula is C16H21F4N. The van der Waals surface area contributed by atoms with Crippen molar-refractivity contribution < 1.29 is 17.6 Å². The summed E-state index contributed by atoms with van der Waals surface area (Å²) < 4.78 is 52.6. The van der Waals surface area contributed by atoms with Crippen molar-refractivity contribution in [3.05, 3.63) is 35.6 Å². The molecule has 118 valence electrons. The van der Waals surface area contributed by atoms with E-state index in [1.807, 2.05) is 6.92 Å². The first-order valence-electron chi connectivity index (χ1n) is 7.50. The summed E-state index contributed by atoms with van der Waals surface area (Å²) in [5.74, 6) is -1.65. The molecule has 3 unspecified atom stereocenters. The van der Waals surface area contributed by atoms with E-state index in [-0.39, 0.29) is 18.3 Å². The Balaban J connectivity index is 2.13. The SMILES string of the molecule is CCC(NC1CCCCC1C(F)(F)F)c1cccc(F)c1. The van der Waals surface area contributed by atoms with Crippen LogP contribution in [0.15, 0.2) is 24.3 Å². The van der Waals surface area contributed by atoms with Crippen LogP contribution in [0.4, 0.5) is 17.6 Å². The van der Waals surface area contributed by atoms with E-state index in [4.69, 9.17) is 0 Å². The van der Waals surface area contributed by atoms with Gasteiger partial charge in [0.25, 0.3) is 0 Å². The molecule has 0 heterocycles. The van der Waals surface area contributed by atoms with Gasteiger partial charge in [0.1, 0.15) is 5.82 Å². The Morgan fingerprint density at radius 3 is 2.57 bits per heavy atom. The summed E-state index contributed by atoms with van der Waals surface area (Å²) in [6, 6.07) is 5.27. The Bertz CT molecular complexity index is 458. The van der Waals surface area contributed by atoms with Gasteiger partial charge in [-0.3, -0.25) is 0 Å². The van der Waals surface area contributed by atoms with E-state index in [0.717, 1.165) is 6.42 Å². The molecule has 1 nitrogen and oxygen atoms in total. The fourth-order valence-corrected chi connectivity index (χ4v) is 3.15. The van der Waals surface area contributed by atoms with Gasteiger partial charge in [0, 0.05) is 12.1 Å². The molecule has 1 aliphatic carbocycles. The van der Waals surface area contributed by atoms with E-state index in [1.165, 1.54) is 12.1 Å². The quantitative estimate of drug-likeness (QED) is 0.773. The van der Waals surface area contributed by atoms with E-state index in [2.05, 4.69) is 5.32 Å². The van der Waals surface area contributed by atoms with Crippen LogP contribution < -0.4 is 5.32 Å². The summed E-state index contributed by atoms with van der Waals surface area (Å²) in [4.78, 5) is 0. The smallest absolute Gasteiger partial charge is 0.307 e. The summed E-state index contributed by atoms with van der Waals surface area (Å²) >= 11 is 0. The highest BCUT2D eigenvalue weighted by molar-refractivity contribution is 5.20. The second-order valence-corrected chi connectivity index (χ2v) is 5.72. The third-order valence-corrected chi connectivity index (χ3v) is 4.26. The molecule has 0 spiro atoms. The van der Waals surface area contributed by atoms with Crippen LogP contribution in [0.5, 0.6) is 0 Å². The summed E-state index contributed by atoms with van der Waals surface area (Å²) in [6.07, 6.45) is -1.40. The molecule has 0 aliphatic heterocycles. The maximum absolute atomic E-state index is 13.3. The Morgan fingerprint density at radius 1 is 1.24 bits per heavy atom. The third-order valence-electron chi connectivity index (χ3n) is 4.26. The van der Waals surface area contributed by atoms with Gasteiger partial charge in [0.2, 0.25) is 0 Å². The lowest BCUT2D eigenvalue weighted by atomic mass is 9.83. The van der Waals surface area contributed by atoms with Crippen LogP contribution in [0.2, 0.25) is 0 Å². The minimum atomic E-state index is -4.17. The molecule has 1 aliphatic rings. The molecule has 2 rings (SSSR count). The summed E-state index contributed by atoms with van der Waals surface area (Å²) in [6.45, 7) is 1.90. The van der Waals surface area contributed by atoms with Gasteiger partial charge in [-0.15, -0.1) is 0 Å². The average Bonchev–Trinajstić information content (AvgIpc) is 2.44. The normalized spacial score (nSPS) is 24.8. The lowest BCUT2D eigenvalue weighted by Crippen LogP contribution is -2.46. The van der Waals surface area contributed by atoms with Crippen LogP contribution in [0, 0.1) is 11.7 Å². The Morgan fingerprint density at radius 2 is 1.95 bits per heavy atom. The number of alkyl halides is 3. The maximum atomic E-state index is 13.3. The van der Waals surface area contributed by atoms with E-state index in [1.54, 1.807) is 12.1 Å². The van der Waals surface area contributed by atoms with E-state index in [9.17, 15) is 17.6 Å². The van der Waals surface area contributed by atoms with Crippen molar-refractivity contribution in [1.82, 2.24) is 5.32 Å². The molecule has 1 aromatic rings. The van der Waals surface area contributed by atoms with Crippen molar-refractivity contribution >= 4 is 0 Å². The molecule has 21 heavy (non-hydrogen) atoms. The van der Waals surface area contributed by atoms with Crippen LogP contribution >= 0.6 is 0 Å². The van der Waals surface area contributed by atoms with Gasteiger partial charge in [-0.1, -0.05) is 31.9 Å². The maximum Gasteiger partial charge on any atom is 0.393 e. The molecule has 1 aromatic carbocycles. The molecule has 3 atom stereocenters. The van der Waals surface area contributed by atoms with Crippen LogP contribution in [-0.4, -0.2) is 12.2 Å². The van der Waals surface area contributed by atoms with Gasteiger partial charge >= 0.3 is 6.18 Å². The Labute approximate surface area is 122 Å². The molecule has 0 saturated heterocycles. The molecule has 0 radical (unpaired) electrons. The van der Waals surface area contributed by atoms with Crippen molar-refractivity contribution in [3.63, 3.8) is 0 Å². The fraction of sp³-hybridized carbons (Fsp3) is 0.625. The predicted octanol–water partition coefficient (Wildman–Crippen LogP) is 4.99. The molecule has 1 fully saturated rings. The fourth-order valence-electron chi connectivity index (χ4n) is 3.15. The standard InChI is InChI=1S/C16H21F4N/c1-2-14(11-6-5-7-12(17)10-11)21-15-9-4-3-8-13(15)16(18,19)20/h5-7,10,13-15,21H,2-4,8-9H2,1H3. The van der Waals surface area contributed by atoms with Crippen LogP contribution in [0.25, 0.3) is 0 Å². The molecule has 0 bridgehead atoms. The number of nitrogens with one attached hydrogen (secondary N) is 1. The molecular weight excluding hydrogens is 282 g/mol. The van der Waals surface area contributed by atoms with E-state index >= 15 is 0 Å². The summed E-state index contributed by atoms with van der Waals surface area (Å²) in [5, 5.41) is 3.12. The zero-order valence-electron chi connectivity index (χ0n) is 12.1. The zero-order chi connectivity index (χ0) is 15.5. The van der Waals surface area contributed by atoms with Gasteiger partial charge in [-0.2, -0.15) is 13.2 Å². The number of halogens is 4. The summed E-state index contributed by atoms with van der Waals surface area (Å²) in [7, 11) is 0. The number of hydrogen-bond donors (Lipinski definition) is 1. The lowest BCUT2D eigenvalue weighted by molar-refractivity contribution is -0.189. The van der Waals surface area contributed by atoms with Crippen LogP contribution in [0.1, 0.15) is 50.6 Å². The lowest BCUT2D eigenvalue weighted by Gasteiger charge is -2.36. The zero-order valence-corrected chi connectivity index (χ0v) is 12.1. The Kier molecular flexibility index (Phi) is 5.25. The molecule has 1 saturated carbocycles. The first kappa shape index (κ1) is 16.3. The minimum Gasteiger partial charge on any atom is -0.307 e. The monoisotopic (exact) mass is 303 g/mol. The van der Waals surface area contributed by atoms with Crippen molar-refractivity contribution in [1.29, 1.82) is 0 Å². The predicted molar refractivity (Wildman–Crippen MR) is 74.4 cm³/mol. The highest BCUT2D eigenvalue weighted by atomic mass is 19.4. The van der Waals surface area contributed by atoms with E-state index in [0.29, 0.717) is 24.8 Å². The average molecular weight is 303 g/mol. The van der Waals surface area contributed by atoms with Crippen molar-refractivity contribution in [2.75, 3.05) is 0 Å². The molecule has 5 heteroatoms. The van der Waals surface area contributed by atoms with Gasteiger partial charge in [-0.25, -0.2) is 4.39 Å². The van der Waals surface area contributed by atoms with Gasteiger partial charge in [-0.05, 0) is 37.0 Å². The topological polar surface area (TPSA) is 12.0 Å². The number of hydrogen-bond acceptors (Lipinski definition) is 1. The second-order valence-electron chi connectivity index (χ2n) is 5.72. The molecule has 0 amide bonds. The van der Waals surface area contributed by atoms with Crippen molar-refractivity contribution in [2.45, 2.75) is 57.3 Å². The van der Waals surface area contributed by atoms with Crippen LogP contribution in [0.3, 0.4) is 0 Å². The second kappa shape index (κ2) is 6.77. The van der Waals surface area contributed by atoms with Crippen LogP contribution in [-0.2, 0) is 0 Å². The van der Waals surface area contributed by atoms with Gasteiger partial charge < -0.3 is 5.32 Å². The van der Waals surface area contributed by atoms with Gasteiger partial charge in [0.05, 0.1) is 5.92 Å². The number of benzene rings is 1. The first-order valence-corrected chi connectivity index (χ1v) is 7.50. The largest absolute Gasteiger partial charge is 0.393 e. The van der Waals surface area contributed by atoms with Crippen molar-refractivity contribution in [3.8, 4) is 0 Å². The van der Waals surface area contributed by atoms with Crippen molar-refractivity contribution in [2.24, 2.45) is 5.92 Å².